The summed E-state index contributed by atoms with van der Waals surface area (Å²) in [7, 11) is 0. The van der Waals surface area contributed by atoms with Gasteiger partial charge in [-0.05, 0) is 51.2 Å². The fourth-order valence-electron chi connectivity index (χ4n) is 3.17. The lowest BCUT2D eigenvalue weighted by atomic mass is 9.84. The van der Waals surface area contributed by atoms with E-state index in [4.69, 9.17) is 5.73 Å². The molecule has 0 amide bonds. The topological polar surface area (TPSA) is 41.3 Å². The van der Waals surface area contributed by atoms with Gasteiger partial charge in [-0.2, -0.15) is 0 Å². The van der Waals surface area contributed by atoms with Crippen LogP contribution in [0, 0.1) is 5.92 Å². The van der Waals surface area contributed by atoms with Gasteiger partial charge in [-0.1, -0.05) is 12.8 Å². The highest BCUT2D eigenvalue weighted by atomic mass is 15.2. The number of nitrogens with two attached hydrogens (primary N) is 1. The molecular formula is C13H27N3. The van der Waals surface area contributed by atoms with E-state index in [0.29, 0.717) is 6.04 Å². The summed E-state index contributed by atoms with van der Waals surface area (Å²) < 4.78 is 0. The second-order valence-corrected chi connectivity index (χ2v) is 5.39. The minimum Gasteiger partial charge on any atom is -0.330 e. The van der Waals surface area contributed by atoms with Crippen LogP contribution in [0.4, 0.5) is 0 Å². The van der Waals surface area contributed by atoms with Crippen LogP contribution >= 0.6 is 0 Å². The van der Waals surface area contributed by atoms with Crippen LogP contribution in [0.25, 0.3) is 0 Å². The van der Waals surface area contributed by atoms with Gasteiger partial charge in [-0.15, -0.1) is 0 Å². The first-order valence-corrected chi connectivity index (χ1v) is 7.06. The molecule has 2 fully saturated rings. The standard InChI is InChI=1S/C13H27N3/c14-11-12-5-1-2-6-13(12)15-7-10-16-8-3-4-9-16/h12-13,15H,1-11,14H2. The van der Waals surface area contributed by atoms with Crippen molar-refractivity contribution in [1.29, 1.82) is 0 Å². The second kappa shape index (κ2) is 6.58. The largest absolute Gasteiger partial charge is 0.330 e. The van der Waals surface area contributed by atoms with Crippen molar-refractivity contribution in [3.63, 3.8) is 0 Å². The summed E-state index contributed by atoms with van der Waals surface area (Å²) in [6, 6.07) is 0.696. The number of hydrogen-bond donors (Lipinski definition) is 2. The van der Waals surface area contributed by atoms with Crippen molar-refractivity contribution in [2.45, 2.75) is 44.6 Å². The van der Waals surface area contributed by atoms with Gasteiger partial charge in [0.25, 0.3) is 0 Å². The summed E-state index contributed by atoms with van der Waals surface area (Å²) in [5.74, 6) is 0.729. The molecule has 2 atom stereocenters. The third-order valence-corrected chi connectivity index (χ3v) is 4.25. The van der Waals surface area contributed by atoms with Crippen LogP contribution < -0.4 is 11.1 Å². The van der Waals surface area contributed by atoms with E-state index in [1.54, 1.807) is 0 Å². The molecule has 1 saturated carbocycles. The zero-order chi connectivity index (χ0) is 11.2. The Labute approximate surface area is 99.8 Å². The van der Waals surface area contributed by atoms with Gasteiger partial charge in [0.15, 0.2) is 0 Å². The molecule has 1 saturated heterocycles. The van der Waals surface area contributed by atoms with Crippen molar-refractivity contribution in [3.8, 4) is 0 Å². The molecule has 2 unspecified atom stereocenters. The van der Waals surface area contributed by atoms with Crippen molar-refractivity contribution >= 4 is 0 Å². The molecule has 0 aromatic carbocycles. The summed E-state index contributed by atoms with van der Waals surface area (Å²) in [5.41, 5.74) is 5.84. The minimum atomic E-state index is 0.696. The lowest BCUT2D eigenvalue weighted by molar-refractivity contribution is 0.252. The summed E-state index contributed by atoms with van der Waals surface area (Å²) >= 11 is 0. The Kier molecular flexibility index (Phi) is 5.07. The number of likely N-dealkylation sites (tertiary alicyclic amines) is 1. The maximum absolute atomic E-state index is 5.84. The van der Waals surface area contributed by atoms with E-state index < -0.39 is 0 Å². The maximum Gasteiger partial charge on any atom is 0.0108 e. The van der Waals surface area contributed by atoms with Crippen LogP contribution in [0.15, 0.2) is 0 Å². The molecule has 1 aliphatic heterocycles. The van der Waals surface area contributed by atoms with Gasteiger partial charge < -0.3 is 16.0 Å². The van der Waals surface area contributed by atoms with E-state index in [1.807, 2.05) is 0 Å². The van der Waals surface area contributed by atoms with Crippen molar-refractivity contribution in [2.75, 3.05) is 32.7 Å². The monoisotopic (exact) mass is 225 g/mol. The van der Waals surface area contributed by atoms with Crippen LogP contribution in [0.5, 0.6) is 0 Å². The Morgan fingerprint density at radius 3 is 2.56 bits per heavy atom. The fourth-order valence-corrected chi connectivity index (χ4v) is 3.17. The third kappa shape index (κ3) is 3.44. The Morgan fingerprint density at radius 2 is 1.81 bits per heavy atom. The summed E-state index contributed by atoms with van der Waals surface area (Å²) in [5, 5.41) is 3.73. The molecule has 0 spiro atoms. The Hall–Kier alpha value is -0.120. The molecule has 94 valence electrons. The maximum atomic E-state index is 5.84. The molecule has 0 aromatic rings. The molecule has 2 rings (SSSR count). The highest BCUT2D eigenvalue weighted by Crippen LogP contribution is 2.23. The molecule has 0 bridgehead atoms. The lowest BCUT2D eigenvalue weighted by Gasteiger charge is -2.32. The normalized spacial score (nSPS) is 32.1. The van der Waals surface area contributed by atoms with E-state index in [9.17, 15) is 0 Å². The average molecular weight is 225 g/mol. The lowest BCUT2D eigenvalue weighted by Crippen LogP contribution is -2.44. The molecule has 1 aliphatic carbocycles. The number of nitrogens with zero attached hydrogens (tertiary/aromatic N) is 1. The minimum absolute atomic E-state index is 0.696. The summed E-state index contributed by atoms with van der Waals surface area (Å²) in [6.07, 6.45) is 8.23. The van der Waals surface area contributed by atoms with Gasteiger partial charge in [0.2, 0.25) is 0 Å². The van der Waals surface area contributed by atoms with Crippen LogP contribution in [-0.4, -0.2) is 43.7 Å². The van der Waals surface area contributed by atoms with Crippen LogP contribution in [0.3, 0.4) is 0 Å². The fraction of sp³-hybridized carbons (Fsp3) is 1.00. The van der Waals surface area contributed by atoms with Gasteiger partial charge in [0.05, 0.1) is 0 Å². The Balaban J connectivity index is 1.63. The Morgan fingerprint density at radius 1 is 1.06 bits per heavy atom. The average Bonchev–Trinajstić information content (AvgIpc) is 2.83. The smallest absolute Gasteiger partial charge is 0.0108 e. The van der Waals surface area contributed by atoms with E-state index in [2.05, 4.69) is 10.2 Å². The molecular weight excluding hydrogens is 198 g/mol. The first-order valence-electron chi connectivity index (χ1n) is 7.06. The zero-order valence-electron chi connectivity index (χ0n) is 10.5. The van der Waals surface area contributed by atoms with E-state index in [0.717, 1.165) is 19.0 Å². The van der Waals surface area contributed by atoms with E-state index >= 15 is 0 Å². The van der Waals surface area contributed by atoms with Gasteiger partial charge in [-0.3, -0.25) is 0 Å². The number of nitrogens with one attached hydrogen (secondary N) is 1. The molecule has 2 aliphatic rings. The quantitative estimate of drug-likeness (QED) is 0.738. The first-order chi connectivity index (χ1) is 7.90. The van der Waals surface area contributed by atoms with Crippen LogP contribution in [-0.2, 0) is 0 Å². The van der Waals surface area contributed by atoms with Gasteiger partial charge in [0, 0.05) is 19.1 Å². The molecule has 1 heterocycles. The molecule has 3 N–H and O–H groups in total. The van der Waals surface area contributed by atoms with Crippen molar-refractivity contribution < 1.29 is 0 Å². The molecule has 0 radical (unpaired) electrons. The third-order valence-electron chi connectivity index (χ3n) is 4.25. The van der Waals surface area contributed by atoms with E-state index in [1.165, 1.54) is 58.2 Å². The SMILES string of the molecule is NCC1CCCCC1NCCN1CCCC1. The van der Waals surface area contributed by atoms with Gasteiger partial charge in [-0.25, -0.2) is 0 Å². The van der Waals surface area contributed by atoms with Crippen molar-refractivity contribution in [2.24, 2.45) is 11.7 Å². The van der Waals surface area contributed by atoms with E-state index in [-0.39, 0.29) is 0 Å². The van der Waals surface area contributed by atoms with Crippen molar-refractivity contribution in [1.82, 2.24) is 10.2 Å². The summed E-state index contributed by atoms with van der Waals surface area (Å²) in [6.45, 7) is 5.87. The first kappa shape index (κ1) is 12.3. The molecule has 3 heteroatoms. The second-order valence-electron chi connectivity index (χ2n) is 5.39. The summed E-state index contributed by atoms with van der Waals surface area (Å²) in [4.78, 5) is 2.58. The number of hydrogen-bond acceptors (Lipinski definition) is 3. The van der Waals surface area contributed by atoms with Gasteiger partial charge in [0.1, 0.15) is 0 Å². The Bertz CT molecular complexity index is 190. The molecule has 0 aromatic heterocycles. The van der Waals surface area contributed by atoms with Gasteiger partial charge >= 0.3 is 0 Å². The zero-order valence-corrected chi connectivity index (χ0v) is 10.5. The molecule has 16 heavy (non-hydrogen) atoms. The number of rotatable bonds is 5. The highest BCUT2D eigenvalue weighted by Gasteiger charge is 2.23. The predicted octanol–water partition coefficient (Wildman–Crippen LogP) is 1.19. The van der Waals surface area contributed by atoms with Crippen LogP contribution in [0.2, 0.25) is 0 Å². The molecule has 3 nitrogen and oxygen atoms in total. The predicted molar refractivity (Wildman–Crippen MR) is 68.5 cm³/mol. The highest BCUT2D eigenvalue weighted by molar-refractivity contribution is 4.82. The van der Waals surface area contributed by atoms with Crippen LogP contribution in [0.1, 0.15) is 38.5 Å². The van der Waals surface area contributed by atoms with Crippen molar-refractivity contribution in [3.05, 3.63) is 0 Å².